The fourth-order valence-corrected chi connectivity index (χ4v) is 3.53. The SMILES string of the molecule is CCNC(=NCCC(C)c1ccc(OC)cc1)NC1CCc2nc(C)nn2C1.I. The highest BCUT2D eigenvalue weighted by molar-refractivity contribution is 14.0. The van der Waals surface area contributed by atoms with E-state index in [1.54, 1.807) is 7.11 Å². The minimum atomic E-state index is 0. The van der Waals surface area contributed by atoms with Crippen molar-refractivity contribution in [2.75, 3.05) is 20.2 Å². The lowest BCUT2D eigenvalue weighted by atomic mass is 9.98. The molecule has 0 saturated carbocycles. The third-order valence-corrected chi connectivity index (χ3v) is 5.17. The van der Waals surface area contributed by atoms with Crippen molar-refractivity contribution in [3.8, 4) is 5.75 Å². The minimum absolute atomic E-state index is 0. The van der Waals surface area contributed by atoms with E-state index >= 15 is 0 Å². The first-order valence-electron chi connectivity index (χ1n) is 10.2. The first-order chi connectivity index (χ1) is 13.6. The number of fused-ring (bicyclic) bond motifs is 1. The number of halogens is 1. The Hall–Kier alpha value is -1.84. The molecule has 2 N–H and O–H groups in total. The molecule has 160 valence electrons. The van der Waals surface area contributed by atoms with Gasteiger partial charge in [-0.25, -0.2) is 9.67 Å². The Balaban J connectivity index is 0.00000300. The van der Waals surface area contributed by atoms with E-state index in [4.69, 9.17) is 9.73 Å². The van der Waals surface area contributed by atoms with Crippen molar-refractivity contribution < 1.29 is 4.74 Å². The summed E-state index contributed by atoms with van der Waals surface area (Å²) >= 11 is 0. The normalized spacial score (nSPS) is 17.1. The van der Waals surface area contributed by atoms with E-state index in [-0.39, 0.29) is 24.0 Å². The van der Waals surface area contributed by atoms with Gasteiger partial charge in [-0.1, -0.05) is 19.1 Å². The van der Waals surface area contributed by atoms with Gasteiger partial charge in [0.15, 0.2) is 5.96 Å². The molecule has 0 spiro atoms. The predicted octanol–water partition coefficient (Wildman–Crippen LogP) is 3.28. The van der Waals surface area contributed by atoms with Gasteiger partial charge in [0.2, 0.25) is 0 Å². The Bertz CT molecular complexity index is 789. The van der Waals surface area contributed by atoms with Crippen LogP contribution in [0.4, 0.5) is 0 Å². The quantitative estimate of drug-likeness (QED) is 0.339. The molecule has 0 amide bonds. The van der Waals surface area contributed by atoms with E-state index in [9.17, 15) is 0 Å². The van der Waals surface area contributed by atoms with E-state index in [2.05, 4.69) is 46.7 Å². The van der Waals surface area contributed by atoms with Crippen LogP contribution in [0.5, 0.6) is 5.75 Å². The molecule has 8 heteroatoms. The molecule has 0 radical (unpaired) electrons. The number of benzene rings is 1. The second-order valence-corrected chi connectivity index (χ2v) is 7.36. The van der Waals surface area contributed by atoms with Gasteiger partial charge in [-0.05, 0) is 50.3 Å². The van der Waals surface area contributed by atoms with Crippen molar-refractivity contribution in [1.82, 2.24) is 25.4 Å². The summed E-state index contributed by atoms with van der Waals surface area (Å²) < 4.78 is 7.26. The molecule has 29 heavy (non-hydrogen) atoms. The molecule has 0 fully saturated rings. The number of aromatic nitrogens is 3. The summed E-state index contributed by atoms with van der Waals surface area (Å²) in [7, 11) is 1.69. The van der Waals surface area contributed by atoms with E-state index in [0.717, 1.165) is 62.3 Å². The van der Waals surface area contributed by atoms with E-state index in [0.29, 0.717) is 12.0 Å². The number of aliphatic imine (C=N–C) groups is 1. The van der Waals surface area contributed by atoms with Crippen molar-refractivity contribution in [2.45, 2.75) is 58.5 Å². The topological polar surface area (TPSA) is 76.4 Å². The standard InChI is InChI=1S/C21H32N6O.HI/c1-5-22-21(25-18-8-11-20-24-16(3)26-27(20)14-18)23-13-12-15(2)17-6-9-19(28-4)10-7-17;/h6-7,9-10,15,18H,5,8,11-14H2,1-4H3,(H2,22,23,25);1H. The third kappa shape index (κ3) is 6.58. The number of methoxy groups -OCH3 is 1. The molecule has 2 heterocycles. The number of guanidine groups is 1. The molecule has 0 saturated heterocycles. The van der Waals surface area contributed by atoms with Gasteiger partial charge in [0.05, 0.1) is 13.7 Å². The molecular weight excluding hydrogens is 479 g/mol. The van der Waals surface area contributed by atoms with Crippen LogP contribution in [-0.4, -0.2) is 47.0 Å². The molecule has 2 unspecified atom stereocenters. The molecule has 0 bridgehead atoms. The van der Waals surface area contributed by atoms with Crippen molar-refractivity contribution in [1.29, 1.82) is 0 Å². The Kier molecular flexibility index (Phi) is 9.19. The average molecular weight is 512 g/mol. The number of nitrogens with one attached hydrogen (secondary N) is 2. The van der Waals surface area contributed by atoms with Crippen LogP contribution in [0.3, 0.4) is 0 Å². The highest BCUT2D eigenvalue weighted by Crippen LogP contribution is 2.21. The van der Waals surface area contributed by atoms with Crippen LogP contribution < -0.4 is 15.4 Å². The summed E-state index contributed by atoms with van der Waals surface area (Å²) in [6.45, 7) is 8.75. The Morgan fingerprint density at radius 3 is 2.79 bits per heavy atom. The monoisotopic (exact) mass is 512 g/mol. The van der Waals surface area contributed by atoms with E-state index in [1.165, 1.54) is 5.56 Å². The molecule has 1 aromatic carbocycles. The number of rotatable bonds is 7. The number of hydrogen-bond donors (Lipinski definition) is 2. The molecule has 0 aliphatic carbocycles. The maximum absolute atomic E-state index is 5.24. The summed E-state index contributed by atoms with van der Waals surface area (Å²) in [6, 6.07) is 8.63. The summed E-state index contributed by atoms with van der Waals surface area (Å²) in [5.74, 6) is 4.17. The lowest BCUT2D eigenvalue weighted by molar-refractivity contribution is 0.392. The van der Waals surface area contributed by atoms with Gasteiger partial charge in [-0.15, -0.1) is 24.0 Å². The van der Waals surface area contributed by atoms with Crippen LogP contribution in [0.1, 0.15) is 49.8 Å². The Labute approximate surface area is 190 Å². The molecule has 3 rings (SSSR count). The van der Waals surface area contributed by atoms with Gasteiger partial charge in [-0.2, -0.15) is 5.10 Å². The maximum atomic E-state index is 5.24. The summed E-state index contributed by atoms with van der Waals surface area (Å²) in [4.78, 5) is 9.27. The van der Waals surface area contributed by atoms with Gasteiger partial charge in [0.25, 0.3) is 0 Å². The zero-order valence-corrected chi connectivity index (χ0v) is 20.1. The minimum Gasteiger partial charge on any atom is -0.497 e. The fraction of sp³-hybridized carbons (Fsp3) is 0.571. The van der Waals surface area contributed by atoms with Gasteiger partial charge in [0, 0.05) is 25.6 Å². The maximum Gasteiger partial charge on any atom is 0.191 e. The summed E-state index contributed by atoms with van der Waals surface area (Å²) in [5.41, 5.74) is 1.32. The van der Waals surface area contributed by atoms with Gasteiger partial charge < -0.3 is 15.4 Å². The highest BCUT2D eigenvalue weighted by Gasteiger charge is 2.21. The number of hydrogen-bond acceptors (Lipinski definition) is 4. The van der Waals surface area contributed by atoms with Crippen LogP contribution in [0, 0.1) is 6.92 Å². The van der Waals surface area contributed by atoms with E-state index in [1.807, 2.05) is 23.7 Å². The first kappa shape index (κ1) is 23.4. The molecular formula is C21H33IN6O. The lowest BCUT2D eigenvalue weighted by Crippen LogP contribution is -2.47. The molecule has 7 nitrogen and oxygen atoms in total. The smallest absolute Gasteiger partial charge is 0.191 e. The Morgan fingerprint density at radius 1 is 1.34 bits per heavy atom. The van der Waals surface area contributed by atoms with Gasteiger partial charge >= 0.3 is 0 Å². The van der Waals surface area contributed by atoms with Crippen LogP contribution in [0.15, 0.2) is 29.3 Å². The fourth-order valence-electron chi connectivity index (χ4n) is 3.53. The predicted molar refractivity (Wildman–Crippen MR) is 127 cm³/mol. The molecule has 2 aromatic rings. The van der Waals surface area contributed by atoms with Gasteiger partial charge in [0.1, 0.15) is 17.4 Å². The molecule has 2 atom stereocenters. The van der Waals surface area contributed by atoms with Crippen molar-refractivity contribution >= 4 is 29.9 Å². The second kappa shape index (κ2) is 11.4. The zero-order chi connectivity index (χ0) is 19.9. The van der Waals surface area contributed by atoms with Crippen LogP contribution in [-0.2, 0) is 13.0 Å². The lowest BCUT2D eigenvalue weighted by Gasteiger charge is -2.25. The van der Waals surface area contributed by atoms with Crippen molar-refractivity contribution in [2.24, 2.45) is 4.99 Å². The van der Waals surface area contributed by atoms with Crippen molar-refractivity contribution in [3.63, 3.8) is 0 Å². The Morgan fingerprint density at radius 2 is 2.10 bits per heavy atom. The molecule has 1 aromatic heterocycles. The average Bonchev–Trinajstić information content (AvgIpc) is 3.07. The van der Waals surface area contributed by atoms with Gasteiger partial charge in [-0.3, -0.25) is 4.99 Å². The third-order valence-electron chi connectivity index (χ3n) is 5.17. The van der Waals surface area contributed by atoms with Crippen LogP contribution in [0.25, 0.3) is 0 Å². The second-order valence-electron chi connectivity index (χ2n) is 7.36. The van der Waals surface area contributed by atoms with Crippen LogP contribution in [0.2, 0.25) is 0 Å². The van der Waals surface area contributed by atoms with E-state index < -0.39 is 0 Å². The number of nitrogens with zero attached hydrogens (tertiary/aromatic N) is 4. The largest absolute Gasteiger partial charge is 0.497 e. The van der Waals surface area contributed by atoms with Crippen molar-refractivity contribution in [3.05, 3.63) is 41.5 Å². The molecule has 1 aliphatic heterocycles. The van der Waals surface area contributed by atoms with Crippen LogP contribution >= 0.6 is 24.0 Å². The number of aryl methyl sites for hydroxylation is 2. The summed E-state index contributed by atoms with van der Waals surface area (Å²) in [6.07, 6.45) is 3.00. The molecule has 1 aliphatic rings. The number of ether oxygens (including phenoxy) is 1. The zero-order valence-electron chi connectivity index (χ0n) is 17.8. The summed E-state index contributed by atoms with van der Waals surface area (Å²) in [5, 5.41) is 11.4. The highest BCUT2D eigenvalue weighted by atomic mass is 127. The first-order valence-corrected chi connectivity index (χ1v) is 10.2.